The van der Waals surface area contributed by atoms with Gasteiger partial charge in [0.05, 0.1) is 0 Å². The van der Waals surface area contributed by atoms with Gasteiger partial charge in [0.15, 0.2) is 5.78 Å². The maximum absolute atomic E-state index is 12.5. The van der Waals surface area contributed by atoms with E-state index in [1.165, 1.54) is 0 Å². The minimum atomic E-state index is -0.570. The topological polar surface area (TPSA) is 43.1 Å². The summed E-state index contributed by atoms with van der Waals surface area (Å²) in [5.41, 5.74) is 6.75. The number of benzene rings is 1. The monoisotopic (exact) mass is 219 g/mol. The fourth-order valence-electron chi connectivity index (χ4n) is 1.46. The molecule has 2 nitrogen and oxygen atoms in total. The third-order valence-corrected chi connectivity index (χ3v) is 3.57. The number of ketones is 1. The molecule has 0 atom stereocenters. The zero-order valence-corrected chi connectivity index (χ0v) is 10.8. The van der Waals surface area contributed by atoms with Crippen molar-refractivity contribution in [2.24, 2.45) is 11.1 Å². The summed E-state index contributed by atoms with van der Waals surface area (Å²) in [4.78, 5) is 12.5. The lowest BCUT2D eigenvalue weighted by atomic mass is 9.70. The number of hydrogen-bond acceptors (Lipinski definition) is 2. The zero-order chi connectivity index (χ0) is 12.6. The largest absolute Gasteiger partial charge is 0.325 e. The Morgan fingerprint density at radius 1 is 1.12 bits per heavy atom. The van der Waals surface area contributed by atoms with Crippen molar-refractivity contribution in [3.63, 3.8) is 0 Å². The molecule has 0 fully saturated rings. The number of nitrogens with two attached hydrogens (primary N) is 1. The first-order valence-corrected chi connectivity index (χ1v) is 5.57. The van der Waals surface area contributed by atoms with Crippen molar-refractivity contribution in [1.29, 1.82) is 0 Å². The first-order chi connectivity index (χ1) is 7.18. The van der Waals surface area contributed by atoms with E-state index in [0.717, 1.165) is 11.1 Å². The minimum Gasteiger partial charge on any atom is -0.325 e. The summed E-state index contributed by atoms with van der Waals surface area (Å²) >= 11 is 0. The molecule has 16 heavy (non-hydrogen) atoms. The SMILES string of the molecule is Cc1ccccc1C(=O)C(C)(C)C(C)(C)N. The van der Waals surface area contributed by atoms with E-state index in [1.54, 1.807) is 0 Å². The van der Waals surface area contributed by atoms with Gasteiger partial charge in [0, 0.05) is 16.5 Å². The molecule has 0 radical (unpaired) electrons. The van der Waals surface area contributed by atoms with E-state index in [0.29, 0.717) is 0 Å². The Hall–Kier alpha value is -1.15. The van der Waals surface area contributed by atoms with Gasteiger partial charge in [0.25, 0.3) is 0 Å². The number of aryl methyl sites for hydroxylation is 1. The molecule has 0 aliphatic carbocycles. The van der Waals surface area contributed by atoms with Crippen molar-refractivity contribution >= 4 is 5.78 Å². The molecular weight excluding hydrogens is 198 g/mol. The van der Waals surface area contributed by atoms with E-state index < -0.39 is 11.0 Å². The van der Waals surface area contributed by atoms with Gasteiger partial charge in [-0.25, -0.2) is 0 Å². The van der Waals surface area contributed by atoms with Crippen molar-refractivity contribution < 1.29 is 4.79 Å². The molecule has 0 unspecified atom stereocenters. The molecule has 1 aromatic rings. The van der Waals surface area contributed by atoms with Gasteiger partial charge in [-0.1, -0.05) is 38.1 Å². The average Bonchev–Trinajstić information content (AvgIpc) is 2.15. The van der Waals surface area contributed by atoms with Gasteiger partial charge in [-0.05, 0) is 26.3 Å². The van der Waals surface area contributed by atoms with Crippen LogP contribution < -0.4 is 5.73 Å². The summed E-state index contributed by atoms with van der Waals surface area (Å²) in [5, 5.41) is 0. The van der Waals surface area contributed by atoms with Crippen LogP contribution in [0.2, 0.25) is 0 Å². The smallest absolute Gasteiger partial charge is 0.170 e. The van der Waals surface area contributed by atoms with Gasteiger partial charge >= 0.3 is 0 Å². The average molecular weight is 219 g/mol. The van der Waals surface area contributed by atoms with Gasteiger partial charge in [-0.3, -0.25) is 4.79 Å². The Kier molecular flexibility index (Phi) is 3.25. The lowest BCUT2D eigenvalue weighted by Gasteiger charge is -2.37. The van der Waals surface area contributed by atoms with Crippen LogP contribution in [-0.2, 0) is 0 Å². The van der Waals surface area contributed by atoms with E-state index in [2.05, 4.69) is 0 Å². The van der Waals surface area contributed by atoms with E-state index in [1.807, 2.05) is 58.9 Å². The van der Waals surface area contributed by atoms with E-state index >= 15 is 0 Å². The Morgan fingerprint density at radius 2 is 1.62 bits per heavy atom. The molecule has 0 aromatic heterocycles. The molecule has 0 bridgehead atoms. The van der Waals surface area contributed by atoms with Crippen LogP contribution in [0, 0.1) is 12.3 Å². The fourth-order valence-corrected chi connectivity index (χ4v) is 1.46. The first kappa shape index (κ1) is 12.9. The summed E-state index contributed by atoms with van der Waals surface area (Å²) in [7, 11) is 0. The number of carbonyl (C=O) groups is 1. The number of carbonyl (C=O) groups excluding carboxylic acids is 1. The molecule has 0 saturated heterocycles. The van der Waals surface area contributed by atoms with Gasteiger partial charge in [-0.2, -0.15) is 0 Å². The second kappa shape index (κ2) is 4.02. The minimum absolute atomic E-state index is 0.109. The molecule has 0 spiro atoms. The molecule has 0 aliphatic heterocycles. The third kappa shape index (κ3) is 2.17. The lowest BCUT2D eigenvalue weighted by Crippen LogP contribution is -2.51. The van der Waals surface area contributed by atoms with Gasteiger partial charge < -0.3 is 5.73 Å². The maximum atomic E-state index is 12.5. The highest BCUT2D eigenvalue weighted by Crippen LogP contribution is 2.33. The molecule has 2 N–H and O–H groups in total. The number of Topliss-reactive ketones (excluding diaryl/α,β-unsaturated/α-hetero) is 1. The van der Waals surface area contributed by atoms with Crippen molar-refractivity contribution in [2.45, 2.75) is 40.2 Å². The summed E-state index contributed by atoms with van der Waals surface area (Å²) < 4.78 is 0. The molecule has 0 aliphatic rings. The second-order valence-electron chi connectivity index (χ2n) is 5.49. The van der Waals surface area contributed by atoms with Crippen LogP contribution in [0.5, 0.6) is 0 Å². The molecule has 2 heteroatoms. The Morgan fingerprint density at radius 3 is 2.06 bits per heavy atom. The highest BCUT2D eigenvalue weighted by atomic mass is 16.1. The van der Waals surface area contributed by atoms with Gasteiger partial charge in [-0.15, -0.1) is 0 Å². The van der Waals surface area contributed by atoms with E-state index in [9.17, 15) is 4.79 Å². The highest BCUT2D eigenvalue weighted by molar-refractivity contribution is 6.02. The maximum Gasteiger partial charge on any atom is 0.170 e. The molecule has 88 valence electrons. The summed E-state index contributed by atoms with van der Waals surface area (Å²) in [6.45, 7) is 9.54. The third-order valence-electron chi connectivity index (χ3n) is 3.57. The van der Waals surface area contributed by atoms with Crippen LogP contribution in [0.3, 0.4) is 0 Å². The number of rotatable bonds is 3. The van der Waals surface area contributed by atoms with Crippen molar-refractivity contribution in [2.75, 3.05) is 0 Å². The Balaban J connectivity index is 3.18. The van der Waals surface area contributed by atoms with Crippen molar-refractivity contribution in [1.82, 2.24) is 0 Å². The normalized spacial score (nSPS) is 12.6. The zero-order valence-electron chi connectivity index (χ0n) is 10.8. The summed E-state index contributed by atoms with van der Waals surface area (Å²) in [6, 6.07) is 7.64. The van der Waals surface area contributed by atoms with Crippen LogP contribution in [-0.4, -0.2) is 11.3 Å². The quantitative estimate of drug-likeness (QED) is 0.794. The van der Waals surface area contributed by atoms with Crippen molar-refractivity contribution in [3.05, 3.63) is 35.4 Å². The van der Waals surface area contributed by atoms with Gasteiger partial charge in [0.2, 0.25) is 0 Å². The molecule has 1 rings (SSSR count). The second-order valence-corrected chi connectivity index (χ2v) is 5.49. The van der Waals surface area contributed by atoms with Crippen molar-refractivity contribution in [3.8, 4) is 0 Å². The predicted octanol–water partition coefficient (Wildman–Crippen LogP) is 2.94. The first-order valence-electron chi connectivity index (χ1n) is 5.57. The molecule has 0 saturated carbocycles. The van der Waals surface area contributed by atoms with Crippen LogP contribution >= 0.6 is 0 Å². The Bertz CT molecular complexity index is 399. The van der Waals surface area contributed by atoms with Crippen LogP contribution in [0.25, 0.3) is 0 Å². The fraction of sp³-hybridized carbons (Fsp3) is 0.500. The molecule has 1 aromatic carbocycles. The predicted molar refractivity (Wildman–Crippen MR) is 67.6 cm³/mol. The van der Waals surface area contributed by atoms with Gasteiger partial charge in [0.1, 0.15) is 0 Å². The van der Waals surface area contributed by atoms with E-state index in [4.69, 9.17) is 5.73 Å². The highest BCUT2D eigenvalue weighted by Gasteiger charge is 2.40. The van der Waals surface area contributed by atoms with Crippen LogP contribution in [0.15, 0.2) is 24.3 Å². The number of hydrogen-bond donors (Lipinski definition) is 1. The lowest BCUT2D eigenvalue weighted by molar-refractivity contribution is 0.0734. The molecule has 0 heterocycles. The van der Waals surface area contributed by atoms with Crippen LogP contribution in [0.4, 0.5) is 0 Å². The standard InChI is InChI=1S/C14H21NO/c1-10-8-6-7-9-11(10)12(16)13(2,3)14(4,5)15/h6-9H,15H2,1-5H3. The summed E-state index contributed by atoms with van der Waals surface area (Å²) in [6.07, 6.45) is 0. The summed E-state index contributed by atoms with van der Waals surface area (Å²) in [5.74, 6) is 0.109. The molecular formula is C14H21NO. The molecule has 0 amide bonds. The van der Waals surface area contributed by atoms with E-state index in [-0.39, 0.29) is 5.78 Å². The Labute approximate surface area is 97.9 Å². The van der Waals surface area contributed by atoms with Crippen LogP contribution in [0.1, 0.15) is 43.6 Å².